The lowest BCUT2D eigenvalue weighted by Crippen LogP contribution is -2.38. The Morgan fingerprint density at radius 3 is 2.90 bits per heavy atom. The fourth-order valence-electron chi connectivity index (χ4n) is 1.96. The third kappa shape index (κ3) is 2.30. The molecule has 11 heteroatoms. The van der Waals surface area contributed by atoms with E-state index in [0.29, 0.717) is 10.8 Å². The van der Waals surface area contributed by atoms with Crippen molar-refractivity contribution >= 4 is 0 Å². The summed E-state index contributed by atoms with van der Waals surface area (Å²) in [6, 6.07) is -1.14. The highest BCUT2D eigenvalue weighted by Gasteiger charge is 2.44. The number of nitrogens with one attached hydrogen (secondary N) is 1. The fraction of sp³-hybridized carbons (Fsp3) is 0.556. The van der Waals surface area contributed by atoms with Gasteiger partial charge in [-0.15, -0.1) is 0 Å². The first-order valence-corrected chi connectivity index (χ1v) is 5.49. The maximum atomic E-state index is 13.2. The van der Waals surface area contributed by atoms with Gasteiger partial charge in [0, 0.05) is 4.91 Å². The molecule has 0 saturated carbocycles. The van der Waals surface area contributed by atoms with Crippen molar-refractivity contribution in [3.05, 3.63) is 43.3 Å². The van der Waals surface area contributed by atoms with Crippen molar-refractivity contribution in [2.45, 2.75) is 24.5 Å². The molecule has 1 aromatic heterocycles. The van der Waals surface area contributed by atoms with Crippen LogP contribution < -0.4 is 11.2 Å². The normalized spacial score (nSPS) is 29.1. The second-order valence-electron chi connectivity index (χ2n) is 4.08. The van der Waals surface area contributed by atoms with E-state index in [-0.39, 0.29) is 0 Å². The van der Waals surface area contributed by atoms with E-state index < -0.39 is 48.2 Å². The first-order valence-electron chi connectivity index (χ1n) is 5.49. The van der Waals surface area contributed by atoms with Crippen molar-refractivity contribution in [1.82, 2.24) is 9.55 Å². The summed E-state index contributed by atoms with van der Waals surface area (Å²) in [5.41, 5.74) is 6.18. The lowest BCUT2D eigenvalue weighted by Gasteiger charge is -2.17. The zero-order chi connectivity index (χ0) is 14.9. The number of hydrogen-bond donors (Lipinski definition) is 3. The minimum atomic E-state index is -1.48. The summed E-state index contributed by atoms with van der Waals surface area (Å²) in [5.74, 6) is -1.24. The number of H-pyrrole nitrogens is 1. The van der Waals surface area contributed by atoms with Gasteiger partial charge in [0.2, 0.25) is 5.82 Å². The molecule has 0 aromatic carbocycles. The zero-order valence-corrected chi connectivity index (χ0v) is 9.88. The Balaban J connectivity index is 2.44. The van der Waals surface area contributed by atoms with E-state index >= 15 is 0 Å². The van der Waals surface area contributed by atoms with E-state index in [4.69, 9.17) is 15.4 Å². The second kappa shape index (κ2) is 5.43. The number of aliphatic hydroxyl groups is 2. The second-order valence-corrected chi connectivity index (χ2v) is 4.08. The van der Waals surface area contributed by atoms with Crippen LogP contribution in [-0.4, -0.2) is 44.6 Å². The summed E-state index contributed by atoms with van der Waals surface area (Å²) in [6.07, 6.45) is -3.34. The van der Waals surface area contributed by atoms with Gasteiger partial charge in [0.1, 0.15) is 6.10 Å². The van der Waals surface area contributed by atoms with Gasteiger partial charge in [-0.25, -0.2) is 4.79 Å². The first-order chi connectivity index (χ1) is 9.49. The molecule has 4 atom stereocenters. The van der Waals surface area contributed by atoms with Crippen molar-refractivity contribution in [3.63, 3.8) is 0 Å². The van der Waals surface area contributed by atoms with E-state index in [9.17, 15) is 19.1 Å². The number of aliphatic hydroxyl groups excluding tert-OH is 2. The average Bonchev–Trinajstić information content (AvgIpc) is 2.72. The van der Waals surface area contributed by atoms with E-state index in [1.807, 2.05) is 0 Å². The Hall–Kier alpha value is -2.20. The molecule has 1 aromatic rings. The van der Waals surface area contributed by atoms with Gasteiger partial charge < -0.3 is 14.9 Å². The number of rotatable bonds is 3. The largest absolute Gasteiger partial charge is 0.394 e. The van der Waals surface area contributed by atoms with E-state index in [1.54, 1.807) is 4.98 Å². The predicted octanol–water partition coefficient (Wildman–Crippen LogP) is -1.39. The van der Waals surface area contributed by atoms with Gasteiger partial charge in [0.15, 0.2) is 6.23 Å². The Bertz CT molecular complexity index is 665. The number of hydrogen-bond acceptors (Lipinski definition) is 6. The molecule has 108 valence electrons. The standard InChI is InChI=1S/C9H10FN5O5/c10-3-1-15(9(19)12-7(3)18)8-6(17)5(13-14-11)4(2-16)20-8/h1,4-6,8,16-17H,2H2,(H,12,18,19)/t4-,5+,6-,8+/m0/s1. The molecule has 1 aliphatic rings. The predicted molar refractivity (Wildman–Crippen MR) is 61.2 cm³/mol. The van der Waals surface area contributed by atoms with Crippen LogP contribution in [0.5, 0.6) is 0 Å². The van der Waals surface area contributed by atoms with Crippen LogP contribution in [0.3, 0.4) is 0 Å². The highest BCUT2D eigenvalue weighted by atomic mass is 19.1. The van der Waals surface area contributed by atoms with Gasteiger partial charge in [-0.05, 0) is 5.53 Å². The smallest absolute Gasteiger partial charge is 0.330 e. The van der Waals surface area contributed by atoms with Crippen LogP contribution in [0.4, 0.5) is 4.39 Å². The summed E-state index contributed by atoms with van der Waals surface area (Å²) in [6.45, 7) is -0.572. The van der Waals surface area contributed by atoms with Crippen molar-refractivity contribution in [2.24, 2.45) is 5.11 Å². The SMILES string of the molecule is [N-]=[N+]=N[C@H]1[C@H](O)[C@H](n2cc(F)c(=O)[nH]c2=O)O[C@H]1CO. The van der Waals surface area contributed by atoms with Crippen LogP contribution >= 0.6 is 0 Å². The first kappa shape index (κ1) is 14.2. The molecule has 0 spiro atoms. The molecule has 2 heterocycles. The lowest BCUT2D eigenvalue weighted by atomic mass is 10.1. The molecule has 0 radical (unpaired) electrons. The third-order valence-corrected chi connectivity index (χ3v) is 2.90. The number of ether oxygens (including phenoxy) is 1. The van der Waals surface area contributed by atoms with Crippen LogP contribution in [0.15, 0.2) is 20.9 Å². The maximum Gasteiger partial charge on any atom is 0.330 e. The van der Waals surface area contributed by atoms with Gasteiger partial charge in [-0.3, -0.25) is 14.3 Å². The molecule has 3 N–H and O–H groups in total. The molecular formula is C9H10FN5O5. The molecule has 0 unspecified atom stereocenters. The van der Waals surface area contributed by atoms with Crippen LogP contribution in [0, 0.1) is 5.82 Å². The van der Waals surface area contributed by atoms with Crippen LogP contribution in [0.25, 0.3) is 10.4 Å². The monoisotopic (exact) mass is 287 g/mol. The average molecular weight is 287 g/mol. The lowest BCUT2D eigenvalue weighted by molar-refractivity contribution is -0.0536. The molecule has 1 aliphatic heterocycles. The van der Waals surface area contributed by atoms with Crippen molar-refractivity contribution in [1.29, 1.82) is 0 Å². The minimum Gasteiger partial charge on any atom is -0.394 e. The summed E-state index contributed by atoms with van der Waals surface area (Å²) in [7, 11) is 0. The Morgan fingerprint density at radius 1 is 1.60 bits per heavy atom. The Morgan fingerprint density at radius 2 is 2.30 bits per heavy atom. The molecular weight excluding hydrogens is 277 g/mol. The number of halogens is 1. The number of nitrogens with zero attached hydrogens (tertiary/aromatic N) is 4. The summed E-state index contributed by atoms with van der Waals surface area (Å²) >= 11 is 0. The van der Waals surface area contributed by atoms with E-state index in [0.717, 1.165) is 0 Å². The number of azide groups is 1. The van der Waals surface area contributed by atoms with E-state index in [1.165, 1.54) is 0 Å². The topological polar surface area (TPSA) is 153 Å². The molecule has 0 bridgehead atoms. The fourth-order valence-corrected chi connectivity index (χ4v) is 1.96. The maximum absolute atomic E-state index is 13.2. The van der Waals surface area contributed by atoms with Gasteiger partial charge in [-0.2, -0.15) is 4.39 Å². The van der Waals surface area contributed by atoms with Crippen LogP contribution in [0.1, 0.15) is 6.23 Å². The molecule has 20 heavy (non-hydrogen) atoms. The Kier molecular flexibility index (Phi) is 3.86. The number of aromatic nitrogens is 2. The summed E-state index contributed by atoms with van der Waals surface area (Å²) < 4.78 is 19.0. The number of aromatic amines is 1. The van der Waals surface area contributed by atoms with Gasteiger partial charge in [0.05, 0.1) is 24.9 Å². The highest BCUT2D eigenvalue weighted by molar-refractivity contribution is 4.97. The molecule has 0 aliphatic carbocycles. The van der Waals surface area contributed by atoms with Crippen molar-refractivity contribution < 1.29 is 19.3 Å². The minimum absolute atomic E-state index is 0.571. The van der Waals surface area contributed by atoms with Crippen molar-refractivity contribution in [2.75, 3.05) is 6.61 Å². The van der Waals surface area contributed by atoms with Gasteiger partial charge in [-0.1, -0.05) is 5.11 Å². The molecule has 0 amide bonds. The summed E-state index contributed by atoms with van der Waals surface area (Å²) in [5, 5.41) is 22.3. The quantitative estimate of drug-likeness (QED) is 0.354. The highest BCUT2D eigenvalue weighted by Crippen LogP contribution is 2.30. The van der Waals surface area contributed by atoms with Gasteiger partial charge in [0.25, 0.3) is 5.56 Å². The third-order valence-electron chi connectivity index (χ3n) is 2.90. The van der Waals surface area contributed by atoms with Crippen LogP contribution in [0.2, 0.25) is 0 Å². The molecule has 10 nitrogen and oxygen atoms in total. The molecule has 2 rings (SSSR count). The molecule has 1 fully saturated rings. The van der Waals surface area contributed by atoms with Crippen LogP contribution in [-0.2, 0) is 4.74 Å². The van der Waals surface area contributed by atoms with Gasteiger partial charge >= 0.3 is 5.69 Å². The summed E-state index contributed by atoms with van der Waals surface area (Å²) in [4.78, 5) is 26.7. The Labute approximate surface area is 109 Å². The van der Waals surface area contributed by atoms with E-state index in [2.05, 4.69) is 10.0 Å². The molecule has 1 saturated heterocycles. The van der Waals surface area contributed by atoms with Crippen molar-refractivity contribution in [3.8, 4) is 0 Å². The zero-order valence-electron chi connectivity index (χ0n) is 9.88.